The van der Waals surface area contributed by atoms with Crippen LogP contribution < -0.4 is 4.72 Å². The van der Waals surface area contributed by atoms with Gasteiger partial charge in [-0.15, -0.1) is 0 Å². The van der Waals surface area contributed by atoms with Crippen LogP contribution in [0.2, 0.25) is 0 Å². The second-order valence-corrected chi connectivity index (χ2v) is 8.67. The van der Waals surface area contributed by atoms with Gasteiger partial charge in [0.05, 0.1) is 11.9 Å². The van der Waals surface area contributed by atoms with Gasteiger partial charge in [0.15, 0.2) is 0 Å². The molecule has 1 aliphatic heterocycles. The maximum Gasteiger partial charge on any atom is 0.208 e. The Kier molecular flexibility index (Phi) is 4.84. The topological polar surface area (TPSA) is 67.2 Å². The molecular formula is C15H26N4O2S. The number of hydrogen-bond acceptors (Lipinski definition) is 4. The molecule has 0 saturated heterocycles. The molecular weight excluding hydrogens is 300 g/mol. The minimum absolute atomic E-state index is 0.261. The van der Waals surface area contributed by atoms with Gasteiger partial charge in [-0.05, 0) is 24.8 Å². The molecule has 0 spiro atoms. The Bertz CT molecular complexity index is 592. The van der Waals surface area contributed by atoms with Crippen molar-refractivity contribution in [2.75, 3.05) is 25.9 Å². The predicted molar refractivity (Wildman–Crippen MR) is 85.8 cm³/mol. The van der Waals surface area contributed by atoms with E-state index in [0.29, 0.717) is 6.54 Å². The quantitative estimate of drug-likeness (QED) is 0.878. The van der Waals surface area contributed by atoms with Gasteiger partial charge in [-0.2, -0.15) is 5.10 Å². The van der Waals surface area contributed by atoms with E-state index in [9.17, 15) is 8.42 Å². The van der Waals surface area contributed by atoms with Gasteiger partial charge in [-0.3, -0.25) is 9.58 Å². The van der Waals surface area contributed by atoms with Crippen molar-refractivity contribution in [3.63, 3.8) is 0 Å². The molecule has 1 aliphatic carbocycles. The van der Waals surface area contributed by atoms with Crippen LogP contribution in [0.15, 0.2) is 12.3 Å². The number of nitrogens with zero attached hydrogens (tertiary/aromatic N) is 3. The lowest BCUT2D eigenvalue weighted by atomic mass is 10.1. The van der Waals surface area contributed by atoms with Gasteiger partial charge >= 0.3 is 0 Å². The average Bonchev–Trinajstić information content (AvgIpc) is 3.05. The van der Waals surface area contributed by atoms with Crippen LogP contribution in [0, 0.1) is 11.8 Å². The first kappa shape index (κ1) is 16.0. The summed E-state index contributed by atoms with van der Waals surface area (Å²) in [4.78, 5) is 2.49. The summed E-state index contributed by atoms with van der Waals surface area (Å²) in [6.45, 7) is 4.25. The fraction of sp³-hybridized carbons (Fsp3) is 0.800. The number of nitrogens with one attached hydrogen (secondary N) is 1. The van der Waals surface area contributed by atoms with Crippen LogP contribution >= 0.6 is 0 Å². The molecule has 1 atom stereocenters. The molecule has 1 N–H and O–H groups in total. The molecule has 1 saturated carbocycles. The van der Waals surface area contributed by atoms with Gasteiger partial charge in [0.1, 0.15) is 0 Å². The molecule has 0 unspecified atom stereocenters. The van der Waals surface area contributed by atoms with E-state index in [1.807, 2.05) is 10.9 Å². The van der Waals surface area contributed by atoms with Gasteiger partial charge < -0.3 is 0 Å². The maximum absolute atomic E-state index is 11.4. The summed E-state index contributed by atoms with van der Waals surface area (Å²) in [7, 11) is -3.14. The SMILES string of the molecule is CS(=O)(=O)NC[C@H]1CN(CC2CCCC2)Cc2ccnn2C1. The Labute approximate surface area is 132 Å². The highest BCUT2D eigenvalue weighted by molar-refractivity contribution is 7.88. The lowest BCUT2D eigenvalue weighted by Crippen LogP contribution is -2.37. The standard InChI is InChI=1S/C15H26N4O2S/c1-22(20,21)17-8-14-10-18(9-13-4-2-3-5-13)12-15-6-7-16-19(15)11-14/h6-7,13-14,17H,2-5,8-12H2,1H3/t14-/m0/s1. The van der Waals surface area contributed by atoms with Crippen molar-refractivity contribution >= 4 is 10.0 Å². The van der Waals surface area contributed by atoms with Crippen LogP contribution in [0.1, 0.15) is 31.4 Å². The van der Waals surface area contributed by atoms with Gasteiger partial charge in [-0.25, -0.2) is 13.1 Å². The van der Waals surface area contributed by atoms with Crippen LogP contribution in [-0.2, 0) is 23.1 Å². The first-order valence-corrected chi connectivity index (χ1v) is 10.1. The summed E-state index contributed by atoms with van der Waals surface area (Å²) in [5.41, 5.74) is 1.24. The van der Waals surface area contributed by atoms with Crippen LogP contribution in [-0.4, -0.2) is 49.0 Å². The fourth-order valence-electron chi connectivity index (χ4n) is 3.72. The van der Waals surface area contributed by atoms with Crippen LogP contribution in [0.4, 0.5) is 0 Å². The molecule has 1 aromatic rings. The zero-order valence-corrected chi connectivity index (χ0v) is 14.1. The Morgan fingerprint density at radius 3 is 2.77 bits per heavy atom. The third kappa shape index (κ3) is 4.30. The van der Waals surface area contributed by atoms with Crippen molar-refractivity contribution < 1.29 is 8.42 Å². The van der Waals surface area contributed by atoms with E-state index in [2.05, 4.69) is 20.8 Å². The number of sulfonamides is 1. The lowest BCUT2D eigenvalue weighted by molar-refractivity contribution is 0.197. The van der Waals surface area contributed by atoms with E-state index < -0.39 is 10.0 Å². The van der Waals surface area contributed by atoms with Crippen LogP contribution in [0.3, 0.4) is 0 Å². The summed E-state index contributed by atoms with van der Waals surface area (Å²) >= 11 is 0. The molecule has 0 bridgehead atoms. The smallest absolute Gasteiger partial charge is 0.208 e. The van der Waals surface area contributed by atoms with Crippen LogP contribution in [0.25, 0.3) is 0 Å². The molecule has 3 rings (SSSR count). The molecule has 1 aromatic heterocycles. The van der Waals surface area contributed by atoms with Crippen molar-refractivity contribution in [3.8, 4) is 0 Å². The van der Waals surface area contributed by atoms with Crippen molar-refractivity contribution in [1.82, 2.24) is 19.4 Å². The van der Waals surface area contributed by atoms with Crippen molar-refractivity contribution in [2.24, 2.45) is 11.8 Å². The second kappa shape index (κ2) is 6.68. The second-order valence-electron chi connectivity index (χ2n) is 6.84. The monoisotopic (exact) mass is 326 g/mol. The molecule has 0 aromatic carbocycles. The highest BCUT2D eigenvalue weighted by atomic mass is 32.2. The number of fused-ring (bicyclic) bond motifs is 1. The van der Waals surface area contributed by atoms with E-state index in [1.54, 1.807) is 0 Å². The molecule has 22 heavy (non-hydrogen) atoms. The van der Waals surface area contributed by atoms with E-state index in [-0.39, 0.29) is 5.92 Å². The van der Waals surface area contributed by atoms with Gasteiger partial charge in [0.25, 0.3) is 0 Å². The first-order valence-electron chi connectivity index (χ1n) is 8.17. The van der Waals surface area contributed by atoms with Crippen LogP contribution in [0.5, 0.6) is 0 Å². The Balaban J connectivity index is 1.68. The molecule has 6 nitrogen and oxygen atoms in total. The fourth-order valence-corrected chi connectivity index (χ4v) is 4.25. The molecule has 0 radical (unpaired) electrons. The minimum Gasteiger partial charge on any atom is -0.297 e. The summed E-state index contributed by atoms with van der Waals surface area (Å²) in [6, 6.07) is 2.08. The lowest BCUT2D eigenvalue weighted by Gasteiger charge is -2.26. The number of hydrogen-bond donors (Lipinski definition) is 1. The van der Waals surface area contributed by atoms with Crippen molar-refractivity contribution in [3.05, 3.63) is 18.0 Å². The average molecular weight is 326 g/mol. The molecule has 7 heteroatoms. The number of aromatic nitrogens is 2. The molecule has 2 aliphatic rings. The molecule has 1 fully saturated rings. The van der Waals surface area contributed by atoms with E-state index in [4.69, 9.17) is 0 Å². The normalized spacial score (nSPS) is 24.3. The largest absolute Gasteiger partial charge is 0.297 e. The zero-order chi connectivity index (χ0) is 15.6. The first-order chi connectivity index (χ1) is 10.5. The minimum atomic E-state index is -3.14. The highest BCUT2D eigenvalue weighted by Crippen LogP contribution is 2.27. The number of rotatable bonds is 5. The Morgan fingerprint density at radius 1 is 1.27 bits per heavy atom. The van der Waals surface area contributed by atoms with Gasteiger partial charge in [0, 0.05) is 44.8 Å². The van der Waals surface area contributed by atoms with E-state index in [1.165, 1.54) is 37.6 Å². The maximum atomic E-state index is 11.4. The Morgan fingerprint density at radius 2 is 2.05 bits per heavy atom. The Hall–Kier alpha value is -0.920. The predicted octanol–water partition coefficient (Wildman–Crippen LogP) is 1.05. The van der Waals surface area contributed by atoms with Gasteiger partial charge in [0.2, 0.25) is 10.0 Å². The highest BCUT2D eigenvalue weighted by Gasteiger charge is 2.26. The van der Waals surface area contributed by atoms with Crippen molar-refractivity contribution in [2.45, 2.75) is 38.8 Å². The van der Waals surface area contributed by atoms with Crippen molar-refractivity contribution in [1.29, 1.82) is 0 Å². The zero-order valence-electron chi connectivity index (χ0n) is 13.2. The van der Waals surface area contributed by atoms with Gasteiger partial charge in [-0.1, -0.05) is 12.8 Å². The van der Waals surface area contributed by atoms with E-state index in [0.717, 1.165) is 32.1 Å². The summed E-state index contributed by atoms with van der Waals surface area (Å²) in [5, 5.41) is 4.39. The molecule has 0 amide bonds. The summed E-state index contributed by atoms with van der Waals surface area (Å²) < 4.78 is 27.4. The molecule has 124 valence electrons. The molecule has 2 heterocycles. The third-order valence-electron chi connectivity index (χ3n) is 4.76. The van der Waals surface area contributed by atoms with E-state index >= 15 is 0 Å². The summed E-state index contributed by atoms with van der Waals surface area (Å²) in [5.74, 6) is 1.07. The third-order valence-corrected chi connectivity index (χ3v) is 5.45. The summed E-state index contributed by atoms with van der Waals surface area (Å²) in [6.07, 6.45) is 8.45.